The summed E-state index contributed by atoms with van der Waals surface area (Å²) in [6, 6.07) is 9.40. The Hall–Kier alpha value is -1.48. The number of hydrogen-bond donors (Lipinski definition) is 0. The summed E-state index contributed by atoms with van der Waals surface area (Å²) in [6.07, 6.45) is 25.2. The first-order chi connectivity index (χ1) is 13.7. The van der Waals surface area contributed by atoms with E-state index in [0.29, 0.717) is 0 Å². The third kappa shape index (κ3) is 5.31. The van der Waals surface area contributed by atoms with Gasteiger partial charge in [-0.3, -0.25) is 0 Å². The molecule has 1 aromatic carbocycles. The van der Waals surface area contributed by atoms with E-state index in [2.05, 4.69) is 49.8 Å². The van der Waals surface area contributed by atoms with E-state index in [1.54, 1.807) is 0 Å². The summed E-state index contributed by atoms with van der Waals surface area (Å²) >= 11 is 0. The van der Waals surface area contributed by atoms with Gasteiger partial charge in [-0.15, -0.1) is 13.0 Å². The van der Waals surface area contributed by atoms with Crippen LogP contribution in [0.4, 0.5) is 0 Å². The molecule has 0 atom stereocenters. The zero-order valence-electron chi connectivity index (χ0n) is 18.1. The van der Waals surface area contributed by atoms with Gasteiger partial charge in [0, 0.05) is 0 Å². The van der Waals surface area contributed by atoms with E-state index in [0.717, 1.165) is 30.6 Å². The van der Waals surface area contributed by atoms with Crippen LogP contribution in [0.25, 0.3) is 0 Å². The minimum atomic E-state index is -0.00593. The van der Waals surface area contributed by atoms with Crippen LogP contribution in [-0.4, -0.2) is 0 Å². The molecule has 2 aliphatic rings. The second-order valence-electron chi connectivity index (χ2n) is 9.57. The third-order valence-electron chi connectivity index (χ3n) is 7.91. The van der Waals surface area contributed by atoms with Crippen LogP contribution in [-0.2, 0) is 11.8 Å². The fourth-order valence-corrected chi connectivity index (χ4v) is 5.62. The summed E-state index contributed by atoms with van der Waals surface area (Å²) in [5, 5.41) is 0. The standard InChI is InChI=1S/C28H40/c1-4-7-8-24-9-11-25(12-10-24)13-14-26-15-17-27(18-16-26)28(6-3)21-19-23(5-2)20-22-28/h3-4,15-18,23-25H,1,5,7-14,19-22H2,2H3. The molecule has 0 unspecified atom stereocenters. The van der Waals surface area contributed by atoms with Crippen molar-refractivity contribution in [1.29, 1.82) is 0 Å². The highest BCUT2D eigenvalue weighted by atomic mass is 14.4. The van der Waals surface area contributed by atoms with Crippen molar-refractivity contribution in [3.8, 4) is 12.3 Å². The average molecular weight is 377 g/mol. The van der Waals surface area contributed by atoms with Gasteiger partial charge in [0.25, 0.3) is 0 Å². The first-order valence-electron chi connectivity index (χ1n) is 11.9. The van der Waals surface area contributed by atoms with Crippen molar-refractivity contribution in [2.75, 3.05) is 0 Å². The fraction of sp³-hybridized carbons (Fsp3) is 0.643. The van der Waals surface area contributed by atoms with E-state index >= 15 is 0 Å². The number of aryl methyl sites for hydroxylation is 1. The predicted molar refractivity (Wildman–Crippen MR) is 122 cm³/mol. The van der Waals surface area contributed by atoms with E-state index < -0.39 is 0 Å². The van der Waals surface area contributed by atoms with Crippen LogP contribution in [0.2, 0.25) is 0 Å². The molecule has 0 N–H and O–H groups in total. The van der Waals surface area contributed by atoms with Crippen LogP contribution in [0.15, 0.2) is 36.9 Å². The minimum absolute atomic E-state index is 0.00593. The normalized spacial score (nSPS) is 30.5. The van der Waals surface area contributed by atoms with Gasteiger partial charge in [0.1, 0.15) is 0 Å². The molecule has 0 bridgehead atoms. The van der Waals surface area contributed by atoms with Crippen molar-refractivity contribution in [2.24, 2.45) is 17.8 Å². The Morgan fingerprint density at radius 2 is 1.57 bits per heavy atom. The van der Waals surface area contributed by atoms with Crippen molar-refractivity contribution >= 4 is 0 Å². The Labute approximate surface area is 174 Å². The summed E-state index contributed by atoms with van der Waals surface area (Å²) in [7, 11) is 0. The Bertz CT molecular complexity index is 628. The molecule has 0 radical (unpaired) electrons. The van der Waals surface area contributed by atoms with Crippen molar-refractivity contribution in [1.82, 2.24) is 0 Å². The van der Waals surface area contributed by atoms with Gasteiger partial charge in [-0.2, -0.15) is 0 Å². The average Bonchev–Trinajstić information content (AvgIpc) is 2.77. The van der Waals surface area contributed by atoms with Crippen molar-refractivity contribution < 1.29 is 0 Å². The van der Waals surface area contributed by atoms with E-state index in [9.17, 15) is 0 Å². The van der Waals surface area contributed by atoms with Gasteiger partial charge in [-0.25, -0.2) is 0 Å². The predicted octanol–water partition coefficient (Wildman–Crippen LogP) is 7.86. The topological polar surface area (TPSA) is 0 Å². The molecule has 0 amide bonds. The van der Waals surface area contributed by atoms with Gasteiger partial charge in [0.05, 0.1) is 5.41 Å². The summed E-state index contributed by atoms with van der Waals surface area (Å²) in [4.78, 5) is 0. The van der Waals surface area contributed by atoms with Crippen LogP contribution in [0.3, 0.4) is 0 Å². The highest BCUT2D eigenvalue weighted by Crippen LogP contribution is 2.42. The SMILES string of the molecule is C#CC1(c2ccc(CCC3CCC(CCC=C)CC3)cc2)CCC(CC)CC1. The molecule has 28 heavy (non-hydrogen) atoms. The number of rotatable bonds is 8. The second-order valence-corrected chi connectivity index (χ2v) is 9.57. The molecule has 0 aromatic heterocycles. The zero-order valence-corrected chi connectivity index (χ0v) is 18.1. The molecule has 0 nitrogen and oxygen atoms in total. The highest BCUT2D eigenvalue weighted by Gasteiger charge is 2.34. The molecular weight excluding hydrogens is 336 g/mol. The van der Waals surface area contributed by atoms with E-state index in [4.69, 9.17) is 6.42 Å². The molecule has 3 rings (SSSR count). The lowest BCUT2D eigenvalue weighted by Gasteiger charge is -2.36. The summed E-state index contributed by atoms with van der Waals surface area (Å²) in [5.74, 6) is 5.96. The smallest absolute Gasteiger partial charge is 0.0560 e. The largest absolute Gasteiger partial charge is 0.119 e. The van der Waals surface area contributed by atoms with E-state index in [1.165, 1.54) is 81.8 Å². The maximum absolute atomic E-state index is 6.04. The van der Waals surface area contributed by atoms with Crippen LogP contribution in [0.1, 0.15) is 95.1 Å². The molecule has 0 spiro atoms. The van der Waals surface area contributed by atoms with Gasteiger partial charge >= 0.3 is 0 Å². The second kappa shape index (κ2) is 10.3. The number of hydrogen-bond acceptors (Lipinski definition) is 0. The fourth-order valence-electron chi connectivity index (χ4n) is 5.62. The number of terminal acetylenes is 1. The van der Waals surface area contributed by atoms with E-state index in [-0.39, 0.29) is 5.41 Å². The Balaban J connectivity index is 1.48. The van der Waals surface area contributed by atoms with Crippen LogP contribution >= 0.6 is 0 Å². The van der Waals surface area contributed by atoms with Crippen molar-refractivity contribution in [3.63, 3.8) is 0 Å². The number of allylic oxidation sites excluding steroid dienone is 1. The maximum atomic E-state index is 6.04. The van der Waals surface area contributed by atoms with Gasteiger partial charge in [-0.05, 0) is 80.2 Å². The first kappa shape index (κ1) is 21.2. The quantitative estimate of drug-likeness (QED) is 0.320. The lowest BCUT2D eigenvalue weighted by atomic mass is 9.66. The van der Waals surface area contributed by atoms with Crippen LogP contribution < -0.4 is 0 Å². The summed E-state index contributed by atoms with van der Waals surface area (Å²) < 4.78 is 0. The first-order valence-corrected chi connectivity index (χ1v) is 11.9. The highest BCUT2D eigenvalue weighted by molar-refractivity contribution is 5.37. The lowest BCUT2D eigenvalue weighted by molar-refractivity contribution is 0.254. The van der Waals surface area contributed by atoms with Gasteiger partial charge in [0.2, 0.25) is 0 Å². The Morgan fingerprint density at radius 1 is 0.964 bits per heavy atom. The van der Waals surface area contributed by atoms with E-state index in [1.807, 2.05) is 0 Å². The molecule has 0 saturated heterocycles. The molecule has 2 fully saturated rings. The molecule has 152 valence electrons. The molecule has 2 aliphatic carbocycles. The van der Waals surface area contributed by atoms with Crippen LogP contribution in [0, 0.1) is 30.1 Å². The van der Waals surface area contributed by atoms with Crippen LogP contribution in [0.5, 0.6) is 0 Å². The molecule has 2 saturated carbocycles. The third-order valence-corrected chi connectivity index (χ3v) is 7.91. The van der Waals surface area contributed by atoms with Gasteiger partial charge in [0.15, 0.2) is 0 Å². The van der Waals surface area contributed by atoms with Crippen molar-refractivity contribution in [3.05, 3.63) is 48.0 Å². The zero-order chi connectivity index (χ0) is 19.8. The van der Waals surface area contributed by atoms with Gasteiger partial charge in [-0.1, -0.05) is 75.3 Å². The summed E-state index contributed by atoms with van der Waals surface area (Å²) in [6.45, 7) is 6.18. The molecule has 0 aliphatic heterocycles. The summed E-state index contributed by atoms with van der Waals surface area (Å²) in [5.41, 5.74) is 2.87. The molecule has 1 aromatic rings. The maximum Gasteiger partial charge on any atom is 0.0560 e. The molecule has 0 heterocycles. The van der Waals surface area contributed by atoms with Crippen molar-refractivity contribution in [2.45, 2.75) is 95.8 Å². The Morgan fingerprint density at radius 3 is 2.11 bits per heavy atom. The molecular formula is C28H40. The Kier molecular flexibility index (Phi) is 7.84. The lowest BCUT2D eigenvalue weighted by Crippen LogP contribution is -2.30. The molecule has 0 heteroatoms. The monoisotopic (exact) mass is 376 g/mol. The minimum Gasteiger partial charge on any atom is -0.119 e. The number of benzene rings is 1. The van der Waals surface area contributed by atoms with Gasteiger partial charge < -0.3 is 0 Å².